The van der Waals surface area contributed by atoms with Crippen LogP contribution in [-0.4, -0.2) is 86.4 Å². The maximum Gasteiger partial charge on any atom is 0.433 e. The largest absolute Gasteiger partial charge is 0.433 e. The van der Waals surface area contributed by atoms with Gasteiger partial charge < -0.3 is 31.5 Å². The van der Waals surface area contributed by atoms with Crippen LogP contribution in [0.4, 0.5) is 30.2 Å². The minimum absolute atomic E-state index is 0.0576. The van der Waals surface area contributed by atoms with Crippen molar-refractivity contribution in [1.29, 1.82) is 0 Å². The number of hydrogen-bond acceptors (Lipinski definition) is 10. The first-order chi connectivity index (χ1) is 24.8. The monoisotopic (exact) mass is 719 g/mol. The van der Waals surface area contributed by atoms with Crippen molar-refractivity contribution < 1.29 is 33.0 Å². The molecule has 4 aromatic rings. The van der Waals surface area contributed by atoms with Crippen molar-refractivity contribution in [2.24, 2.45) is 11.1 Å². The molecule has 0 bridgehead atoms. The summed E-state index contributed by atoms with van der Waals surface area (Å²) >= 11 is 0. The van der Waals surface area contributed by atoms with Gasteiger partial charge in [0.25, 0.3) is 11.8 Å². The number of pyridine rings is 1. The second-order valence-corrected chi connectivity index (χ2v) is 13.9. The Morgan fingerprint density at radius 3 is 2.50 bits per heavy atom. The number of nitrogens with one attached hydrogen (secondary N) is 3. The molecule has 5 heterocycles. The molecule has 2 aromatic heterocycles. The fraction of sp³-hybridized carbons (Fsp3) is 0.389. The molecule has 1 spiro atoms. The predicted molar refractivity (Wildman–Crippen MR) is 187 cm³/mol. The van der Waals surface area contributed by atoms with Gasteiger partial charge in [-0.1, -0.05) is 24.3 Å². The van der Waals surface area contributed by atoms with Crippen LogP contribution in [-0.2, 0) is 12.7 Å². The molecular weight excluding hydrogens is 679 g/mol. The van der Waals surface area contributed by atoms with Gasteiger partial charge in [-0.25, -0.2) is 9.67 Å². The minimum Gasteiger partial charge on any atom is -0.379 e. The Hall–Kier alpha value is -5.03. The quantitative estimate of drug-likeness (QED) is 0.150. The number of anilines is 3. The van der Waals surface area contributed by atoms with Crippen LogP contribution in [0.1, 0.15) is 57.9 Å². The number of likely N-dealkylation sites (tertiary alicyclic amines) is 1. The number of aliphatic hydroxyl groups excluding tert-OH is 2. The number of aliphatic hydroxyl groups is 2. The zero-order chi connectivity index (χ0) is 36.6. The highest BCUT2D eigenvalue weighted by molar-refractivity contribution is 6.07. The summed E-state index contributed by atoms with van der Waals surface area (Å²) in [5.41, 5.74) is 7.45. The zero-order valence-electron chi connectivity index (χ0n) is 28.2. The van der Waals surface area contributed by atoms with Gasteiger partial charge in [0, 0.05) is 43.0 Å². The minimum atomic E-state index is -4.72. The predicted octanol–water partition coefficient (Wildman–Crippen LogP) is 3.54. The Balaban J connectivity index is 0.958. The third-order valence-electron chi connectivity index (χ3n) is 10.1. The third-order valence-corrected chi connectivity index (χ3v) is 10.1. The van der Waals surface area contributed by atoms with Crippen LogP contribution in [0.25, 0.3) is 5.69 Å². The molecule has 3 saturated heterocycles. The zero-order valence-corrected chi connectivity index (χ0v) is 28.2. The van der Waals surface area contributed by atoms with E-state index in [0.29, 0.717) is 18.5 Å². The van der Waals surface area contributed by atoms with Crippen molar-refractivity contribution in [3.05, 3.63) is 95.6 Å². The lowest BCUT2D eigenvalue weighted by Gasteiger charge is -2.33. The SMILES string of the molecule is NC(=O)c1nn(-c2ccc(CN3CCC4(CCN(c5cccc(NC6CCC(O)NC6O)c5)C4)C3)cc2)cc1NC(=O)c1cccc(C(F)(F)F)n1. The van der Waals surface area contributed by atoms with Crippen molar-refractivity contribution in [1.82, 2.24) is 25.0 Å². The van der Waals surface area contributed by atoms with Gasteiger partial charge in [-0.05, 0) is 80.3 Å². The number of aromatic nitrogens is 3. The van der Waals surface area contributed by atoms with Crippen LogP contribution in [0.5, 0.6) is 0 Å². The number of carbonyl (C=O) groups excluding carboxylic acids is 2. The second-order valence-electron chi connectivity index (χ2n) is 13.9. The molecule has 3 aliphatic heterocycles. The molecule has 0 saturated carbocycles. The first kappa shape index (κ1) is 35.4. The molecule has 13 nitrogen and oxygen atoms in total. The molecule has 3 aliphatic rings. The number of carbonyl (C=O) groups is 2. The topological polar surface area (TPSA) is 174 Å². The first-order valence-corrected chi connectivity index (χ1v) is 17.1. The molecule has 274 valence electrons. The van der Waals surface area contributed by atoms with E-state index < -0.39 is 41.8 Å². The summed E-state index contributed by atoms with van der Waals surface area (Å²) < 4.78 is 40.7. The summed E-state index contributed by atoms with van der Waals surface area (Å²) in [6, 6.07) is 18.7. The highest BCUT2D eigenvalue weighted by Crippen LogP contribution is 2.42. The number of nitrogens with two attached hydrogens (primary N) is 1. The molecule has 0 radical (unpaired) electrons. The summed E-state index contributed by atoms with van der Waals surface area (Å²) in [6.07, 6.45) is -1.43. The number of nitrogens with zero attached hydrogens (tertiary/aromatic N) is 5. The highest BCUT2D eigenvalue weighted by atomic mass is 19.4. The van der Waals surface area contributed by atoms with Crippen molar-refractivity contribution in [3.8, 4) is 5.69 Å². The van der Waals surface area contributed by atoms with Gasteiger partial charge in [-0.2, -0.15) is 18.3 Å². The van der Waals surface area contributed by atoms with E-state index in [4.69, 9.17) is 5.73 Å². The Morgan fingerprint density at radius 2 is 1.75 bits per heavy atom. The fourth-order valence-electron chi connectivity index (χ4n) is 7.40. The van der Waals surface area contributed by atoms with Crippen molar-refractivity contribution in [2.45, 2.75) is 56.9 Å². The third kappa shape index (κ3) is 7.74. The smallest absolute Gasteiger partial charge is 0.379 e. The van der Waals surface area contributed by atoms with Crippen LogP contribution < -0.4 is 26.6 Å². The molecule has 4 unspecified atom stereocenters. The summed E-state index contributed by atoms with van der Waals surface area (Å²) in [5.74, 6) is -1.86. The van der Waals surface area contributed by atoms with Crippen molar-refractivity contribution in [2.75, 3.05) is 41.7 Å². The van der Waals surface area contributed by atoms with Gasteiger partial charge in [-0.15, -0.1) is 0 Å². The first-order valence-electron chi connectivity index (χ1n) is 17.1. The molecule has 16 heteroatoms. The van der Waals surface area contributed by atoms with Crippen LogP contribution in [0.2, 0.25) is 0 Å². The van der Waals surface area contributed by atoms with E-state index in [2.05, 4.69) is 48.0 Å². The number of halogens is 3. The van der Waals surface area contributed by atoms with E-state index in [0.717, 1.165) is 80.7 Å². The maximum atomic E-state index is 13.1. The summed E-state index contributed by atoms with van der Waals surface area (Å²) in [7, 11) is 0. The number of benzene rings is 2. The van der Waals surface area contributed by atoms with E-state index in [-0.39, 0.29) is 22.8 Å². The molecule has 2 aromatic carbocycles. The Labute approximate surface area is 297 Å². The number of amides is 2. The van der Waals surface area contributed by atoms with Crippen LogP contribution in [0.3, 0.4) is 0 Å². The van der Waals surface area contributed by atoms with Crippen molar-refractivity contribution in [3.63, 3.8) is 0 Å². The Morgan fingerprint density at radius 1 is 0.981 bits per heavy atom. The maximum absolute atomic E-state index is 13.1. The summed E-state index contributed by atoms with van der Waals surface area (Å²) in [5, 5.41) is 32.9. The molecule has 4 atom stereocenters. The summed E-state index contributed by atoms with van der Waals surface area (Å²) in [4.78, 5) is 33.2. The summed E-state index contributed by atoms with van der Waals surface area (Å²) in [6.45, 7) is 4.61. The average Bonchev–Trinajstić information content (AvgIpc) is 3.85. The van der Waals surface area contributed by atoms with E-state index in [1.54, 1.807) is 0 Å². The molecule has 7 N–H and O–H groups in total. The molecule has 0 aliphatic carbocycles. The number of alkyl halides is 3. The number of rotatable bonds is 9. The van der Waals surface area contributed by atoms with E-state index >= 15 is 0 Å². The number of piperidine rings is 1. The Bertz CT molecular complexity index is 1940. The van der Waals surface area contributed by atoms with Crippen molar-refractivity contribution >= 4 is 28.9 Å². The average molecular weight is 720 g/mol. The van der Waals surface area contributed by atoms with Gasteiger partial charge >= 0.3 is 6.18 Å². The lowest BCUT2D eigenvalue weighted by molar-refractivity contribution is -0.141. The Kier molecular flexibility index (Phi) is 9.65. The van der Waals surface area contributed by atoms with E-state index in [9.17, 15) is 33.0 Å². The number of hydrogen-bond donors (Lipinski definition) is 6. The van der Waals surface area contributed by atoms with Gasteiger partial charge in [0.2, 0.25) is 0 Å². The molecule has 3 fully saturated rings. The normalized spacial score (nSPS) is 23.6. The van der Waals surface area contributed by atoms with Crippen LogP contribution in [0.15, 0.2) is 72.9 Å². The highest BCUT2D eigenvalue weighted by Gasteiger charge is 2.43. The second kappa shape index (κ2) is 14.2. The van der Waals surface area contributed by atoms with Crippen LogP contribution in [0, 0.1) is 5.41 Å². The van der Waals surface area contributed by atoms with E-state index in [1.165, 1.54) is 10.9 Å². The lowest BCUT2D eigenvalue weighted by atomic mass is 9.86. The lowest BCUT2D eigenvalue weighted by Crippen LogP contribution is -2.53. The van der Waals surface area contributed by atoms with Gasteiger partial charge in [0.15, 0.2) is 5.69 Å². The fourth-order valence-corrected chi connectivity index (χ4v) is 7.40. The van der Waals surface area contributed by atoms with Gasteiger partial charge in [0.05, 0.1) is 23.6 Å². The molecule has 52 heavy (non-hydrogen) atoms. The van der Waals surface area contributed by atoms with Gasteiger partial charge in [0.1, 0.15) is 23.8 Å². The molecular formula is C36H40F3N9O4. The van der Waals surface area contributed by atoms with E-state index in [1.807, 2.05) is 36.4 Å². The number of primary amides is 1. The molecule has 7 rings (SSSR count). The van der Waals surface area contributed by atoms with Crippen LogP contribution >= 0.6 is 0 Å². The standard InChI is InChI=1S/C36H40F3N9O4/c37-36(38,39)29-6-2-5-26(42-29)33(51)43-28-19-48(45-31(28)32(40)50)24-9-7-22(8-10-24)18-46-15-13-35(20-46)14-16-47(21-35)25-4-1-3-23(17-25)41-27-11-12-30(49)44-34(27)52/h1-10,17,19,27,30,34,41,44,49,52H,11-16,18,20-21H2,(H2,40,50)(H,43,51). The molecule has 2 amide bonds. The van der Waals surface area contributed by atoms with Gasteiger partial charge in [-0.3, -0.25) is 19.8 Å².